The van der Waals surface area contributed by atoms with Crippen molar-refractivity contribution in [3.8, 4) is 23.0 Å². The summed E-state index contributed by atoms with van der Waals surface area (Å²) < 4.78 is 12.0. The van der Waals surface area contributed by atoms with E-state index in [9.17, 15) is 0 Å². The minimum atomic E-state index is 0.468. The Balaban J connectivity index is 1.94. The summed E-state index contributed by atoms with van der Waals surface area (Å²) in [5.41, 5.74) is 17.6. The lowest BCUT2D eigenvalue weighted by Crippen LogP contribution is -1.99. The van der Waals surface area contributed by atoms with Crippen LogP contribution >= 0.6 is 0 Å². The molecule has 3 aromatic carbocycles. The number of anilines is 2. The van der Waals surface area contributed by atoms with Gasteiger partial charge < -0.3 is 20.9 Å². The maximum Gasteiger partial charge on any atom is 0.154 e. The van der Waals surface area contributed by atoms with Crippen LogP contribution in [-0.2, 0) is 0 Å². The molecule has 134 valence electrons. The minimum absolute atomic E-state index is 0.468. The normalized spacial score (nSPS) is 10.6. The van der Waals surface area contributed by atoms with Gasteiger partial charge in [-0.25, -0.2) is 0 Å². The van der Waals surface area contributed by atoms with Crippen molar-refractivity contribution in [3.05, 3.63) is 70.8 Å². The molecule has 4 heteroatoms. The quantitative estimate of drug-likeness (QED) is 0.596. The third kappa shape index (κ3) is 3.75. The molecular weight excluding hydrogens is 324 g/mol. The third-order valence-electron chi connectivity index (χ3n) is 4.24. The summed E-state index contributed by atoms with van der Waals surface area (Å²) in [7, 11) is 0. The number of benzene rings is 3. The highest BCUT2D eigenvalue weighted by molar-refractivity contribution is 5.69. The number of rotatable bonds is 4. The van der Waals surface area contributed by atoms with E-state index in [1.54, 1.807) is 12.1 Å². The zero-order valence-corrected chi connectivity index (χ0v) is 15.6. The molecule has 0 fully saturated rings. The number of hydrogen-bond donors (Lipinski definition) is 2. The fourth-order valence-corrected chi connectivity index (χ4v) is 2.84. The van der Waals surface area contributed by atoms with Gasteiger partial charge in [0.2, 0.25) is 0 Å². The van der Waals surface area contributed by atoms with Gasteiger partial charge in [-0.05, 0) is 57.0 Å². The minimum Gasteiger partial charge on any atom is -0.455 e. The van der Waals surface area contributed by atoms with Crippen molar-refractivity contribution in [1.29, 1.82) is 0 Å². The van der Waals surface area contributed by atoms with Crippen LogP contribution in [0.2, 0.25) is 0 Å². The van der Waals surface area contributed by atoms with E-state index >= 15 is 0 Å². The van der Waals surface area contributed by atoms with Gasteiger partial charge in [0.1, 0.15) is 11.5 Å². The van der Waals surface area contributed by atoms with Crippen LogP contribution < -0.4 is 20.9 Å². The Bertz CT molecular complexity index is 890. The van der Waals surface area contributed by atoms with Crippen molar-refractivity contribution in [1.82, 2.24) is 0 Å². The van der Waals surface area contributed by atoms with Crippen molar-refractivity contribution in [2.75, 3.05) is 11.5 Å². The average molecular weight is 348 g/mol. The molecule has 4 nitrogen and oxygen atoms in total. The fraction of sp³-hybridized carbons (Fsp3) is 0.182. The Hall–Kier alpha value is -3.14. The van der Waals surface area contributed by atoms with Crippen LogP contribution in [0.1, 0.15) is 22.3 Å². The Morgan fingerprint density at radius 1 is 0.538 bits per heavy atom. The molecule has 4 N–H and O–H groups in total. The van der Waals surface area contributed by atoms with Crippen LogP contribution in [0.25, 0.3) is 0 Å². The lowest BCUT2D eigenvalue weighted by molar-refractivity contribution is 0.459. The van der Waals surface area contributed by atoms with E-state index in [0.29, 0.717) is 22.9 Å². The van der Waals surface area contributed by atoms with Gasteiger partial charge >= 0.3 is 0 Å². The van der Waals surface area contributed by atoms with E-state index in [1.165, 1.54) is 11.1 Å². The predicted octanol–water partition coefficient (Wildman–Crippen LogP) is 5.67. The summed E-state index contributed by atoms with van der Waals surface area (Å²) in [5, 5.41) is 0. The molecule has 0 unspecified atom stereocenters. The molecule has 0 bridgehead atoms. The van der Waals surface area contributed by atoms with Crippen molar-refractivity contribution in [2.24, 2.45) is 0 Å². The van der Waals surface area contributed by atoms with E-state index in [1.807, 2.05) is 52.0 Å². The Kier molecular flexibility index (Phi) is 4.76. The molecule has 0 aliphatic heterocycles. The number of ether oxygens (including phenoxy) is 2. The Labute approximate surface area is 154 Å². The lowest BCUT2D eigenvalue weighted by atomic mass is 10.1. The highest BCUT2D eigenvalue weighted by Crippen LogP contribution is 2.39. The van der Waals surface area contributed by atoms with Crippen molar-refractivity contribution in [3.63, 3.8) is 0 Å². The van der Waals surface area contributed by atoms with E-state index in [4.69, 9.17) is 20.9 Å². The first-order chi connectivity index (χ1) is 12.3. The van der Waals surface area contributed by atoms with Gasteiger partial charge in [0.05, 0.1) is 11.4 Å². The van der Waals surface area contributed by atoms with Gasteiger partial charge in [-0.3, -0.25) is 0 Å². The molecule has 0 aliphatic carbocycles. The van der Waals surface area contributed by atoms with E-state index < -0.39 is 0 Å². The Morgan fingerprint density at radius 3 is 1.35 bits per heavy atom. The first-order valence-electron chi connectivity index (χ1n) is 8.52. The van der Waals surface area contributed by atoms with E-state index in [2.05, 4.69) is 12.1 Å². The zero-order valence-electron chi connectivity index (χ0n) is 15.6. The van der Waals surface area contributed by atoms with Gasteiger partial charge in [-0.15, -0.1) is 0 Å². The first kappa shape index (κ1) is 17.7. The number of hydrogen-bond acceptors (Lipinski definition) is 4. The molecular formula is C22H24N2O2. The van der Waals surface area contributed by atoms with Crippen LogP contribution in [-0.4, -0.2) is 0 Å². The maximum absolute atomic E-state index is 6.10. The van der Waals surface area contributed by atoms with Gasteiger partial charge in [0.25, 0.3) is 0 Å². The maximum atomic E-state index is 6.10. The van der Waals surface area contributed by atoms with Crippen LogP contribution in [0.4, 0.5) is 11.4 Å². The Morgan fingerprint density at radius 2 is 0.962 bits per heavy atom. The fourth-order valence-electron chi connectivity index (χ4n) is 2.84. The monoisotopic (exact) mass is 348 g/mol. The van der Waals surface area contributed by atoms with Crippen molar-refractivity contribution in [2.45, 2.75) is 27.7 Å². The molecule has 3 aromatic rings. The van der Waals surface area contributed by atoms with Crippen LogP contribution in [0, 0.1) is 27.7 Å². The average Bonchev–Trinajstić information content (AvgIpc) is 2.56. The molecule has 0 atom stereocenters. The van der Waals surface area contributed by atoms with Crippen molar-refractivity contribution < 1.29 is 9.47 Å². The summed E-state index contributed by atoms with van der Waals surface area (Å²) in [6, 6.07) is 15.4. The molecule has 0 aliphatic rings. The van der Waals surface area contributed by atoms with Crippen LogP contribution in [0.5, 0.6) is 23.0 Å². The summed E-state index contributed by atoms with van der Waals surface area (Å²) in [6.07, 6.45) is 0. The zero-order chi connectivity index (χ0) is 18.8. The molecule has 3 rings (SSSR count). The molecule has 0 aromatic heterocycles. The van der Waals surface area contributed by atoms with Crippen LogP contribution in [0.15, 0.2) is 48.5 Å². The molecule has 0 radical (unpaired) electrons. The second-order valence-corrected chi connectivity index (χ2v) is 6.67. The number of nitrogen functional groups attached to an aromatic ring is 2. The molecule has 0 saturated heterocycles. The smallest absolute Gasteiger partial charge is 0.154 e. The van der Waals surface area contributed by atoms with E-state index in [0.717, 1.165) is 22.6 Å². The third-order valence-corrected chi connectivity index (χ3v) is 4.24. The topological polar surface area (TPSA) is 70.5 Å². The molecule has 0 heterocycles. The molecule has 0 saturated carbocycles. The van der Waals surface area contributed by atoms with Gasteiger partial charge in [-0.1, -0.05) is 35.4 Å². The highest BCUT2D eigenvalue weighted by atomic mass is 16.5. The SMILES string of the molecule is Cc1ccc(Oc2cc(Oc3ccc(C)cc3C)c(N)cc2N)c(C)c1. The second kappa shape index (κ2) is 7.00. The first-order valence-corrected chi connectivity index (χ1v) is 8.52. The van der Waals surface area contributed by atoms with Crippen molar-refractivity contribution >= 4 is 11.4 Å². The number of aryl methyl sites for hydroxylation is 4. The highest BCUT2D eigenvalue weighted by Gasteiger charge is 2.12. The molecule has 0 spiro atoms. The van der Waals surface area contributed by atoms with Crippen LogP contribution in [0.3, 0.4) is 0 Å². The summed E-state index contributed by atoms with van der Waals surface area (Å²) in [5.74, 6) is 2.55. The van der Waals surface area contributed by atoms with Gasteiger partial charge in [-0.2, -0.15) is 0 Å². The van der Waals surface area contributed by atoms with Gasteiger partial charge in [0.15, 0.2) is 11.5 Å². The summed E-state index contributed by atoms with van der Waals surface area (Å²) in [4.78, 5) is 0. The molecule has 26 heavy (non-hydrogen) atoms. The second-order valence-electron chi connectivity index (χ2n) is 6.67. The lowest BCUT2D eigenvalue weighted by Gasteiger charge is -2.16. The van der Waals surface area contributed by atoms with Gasteiger partial charge in [0, 0.05) is 6.07 Å². The predicted molar refractivity (Wildman–Crippen MR) is 107 cm³/mol. The summed E-state index contributed by atoms with van der Waals surface area (Å²) in [6.45, 7) is 8.10. The van der Waals surface area contributed by atoms with E-state index in [-0.39, 0.29) is 0 Å². The summed E-state index contributed by atoms with van der Waals surface area (Å²) >= 11 is 0. The number of nitrogens with two attached hydrogens (primary N) is 2. The molecule has 0 amide bonds. The largest absolute Gasteiger partial charge is 0.455 e. The standard InChI is InChI=1S/C22H24N2O2/c1-13-5-7-19(15(3)9-13)25-21-12-22(18(24)11-17(21)23)26-20-8-6-14(2)10-16(20)4/h5-12H,23-24H2,1-4H3.